The molecule has 1 aliphatic carbocycles. The summed E-state index contributed by atoms with van der Waals surface area (Å²) >= 11 is 1.39. The van der Waals surface area contributed by atoms with Crippen molar-refractivity contribution >= 4 is 29.7 Å². The number of hydrogen-bond acceptors (Lipinski definition) is 5. The van der Waals surface area contributed by atoms with Crippen molar-refractivity contribution in [3.63, 3.8) is 0 Å². The Morgan fingerprint density at radius 3 is 2.21 bits per heavy atom. The normalized spacial score (nSPS) is 18.4. The standard InChI is InChI=1S/C25H28N2O5S/c1-25(2,3)21(22(28)27-14-33-13-20(27)23(29)30)26-24(31)32-12-19-17-10-6-4-8-15(17)16-9-5-7-11-18(16)19/h4-11,19-21H,12-14H2,1-3H3,(H,26,31)(H,29,30)/t20?,21-/m0/s1. The van der Waals surface area contributed by atoms with Crippen LogP contribution in [-0.2, 0) is 14.3 Å². The van der Waals surface area contributed by atoms with Gasteiger partial charge < -0.3 is 20.1 Å². The Morgan fingerprint density at radius 2 is 1.67 bits per heavy atom. The Bertz CT molecular complexity index is 1030. The van der Waals surface area contributed by atoms with Crippen molar-refractivity contribution in [2.24, 2.45) is 5.41 Å². The van der Waals surface area contributed by atoms with Crippen LogP contribution in [0.4, 0.5) is 4.79 Å². The van der Waals surface area contributed by atoms with E-state index in [1.807, 2.05) is 57.2 Å². The van der Waals surface area contributed by atoms with Crippen LogP contribution in [0.5, 0.6) is 0 Å². The summed E-state index contributed by atoms with van der Waals surface area (Å²) in [4.78, 5) is 38.9. The molecule has 174 valence electrons. The van der Waals surface area contributed by atoms with Gasteiger partial charge >= 0.3 is 12.1 Å². The molecule has 1 fully saturated rings. The van der Waals surface area contributed by atoms with Crippen LogP contribution in [0, 0.1) is 5.41 Å². The molecule has 2 aromatic rings. The van der Waals surface area contributed by atoms with E-state index in [1.165, 1.54) is 16.7 Å². The number of carboxylic acids is 1. The van der Waals surface area contributed by atoms with Crippen molar-refractivity contribution in [3.8, 4) is 11.1 Å². The summed E-state index contributed by atoms with van der Waals surface area (Å²) < 4.78 is 5.61. The van der Waals surface area contributed by atoms with Crippen LogP contribution in [0.1, 0.15) is 37.8 Å². The zero-order chi connectivity index (χ0) is 23.8. The molecule has 0 aromatic heterocycles. The summed E-state index contributed by atoms with van der Waals surface area (Å²) in [5, 5.41) is 12.2. The fraction of sp³-hybridized carbons (Fsp3) is 0.400. The molecule has 0 spiro atoms. The van der Waals surface area contributed by atoms with Crippen LogP contribution in [0.3, 0.4) is 0 Å². The van der Waals surface area contributed by atoms with E-state index in [-0.39, 0.29) is 18.4 Å². The van der Waals surface area contributed by atoms with Gasteiger partial charge in [-0.25, -0.2) is 9.59 Å². The topological polar surface area (TPSA) is 95.9 Å². The van der Waals surface area contributed by atoms with Gasteiger partial charge in [-0.05, 0) is 27.7 Å². The number of carboxylic acid groups (broad SMARTS) is 1. The zero-order valence-electron chi connectivity index (χ0n) is 18.9. The lowest BCUT2D eigenvalue weighted by molar-refractivity contribution is -0.149. The van der Waals surface area contributed by atoms with Crippen LogP contribution >= 0.6 is 11.8 Å². The monoisotopic (exact) mass is 468 g/mol. The quantitative estimate of drug-likeness (QED) is 0.690. The maximum atomic E-state index is 13.2. The van der Waals surface area contributed by atoms with Gasteiger partial charge in [0.2, 0.25) is 5.91 Å². The van der Waals surface area contributed by atoms with E-state index in [9.17, 15) is 19.5 Å². The number of nitrogens with zero attached hydrogens (tertiary/aromatic N) is 1. The molecule has 0 saturated carbocycles. The average Bonchev–Trinajstić information content (AvgIpc) is 3.38. The molecule has 1 unspecified atom stereocenters. The maximum Gasteiger partial charge on any atom is 0.407 e. The number of amides is 2. The van der Waals surface area contributed by atoms with Gasteiger partial charge in [0.25, 0.3) is 0 Å². The Kier molecular flexibility index (Phi) is 6.38. The number of carbonyl (C=O) groups is 3. The Labute approximate surface area is 197 Å². The minimum Gasteiger partial charge on any atom is -0.480 e. The van der Waals surface area contributed by atoms with Crippen LogP contribution in [0.25, 0.3) is 11.1 Å². The smallest absolute Gasteiger partial charge is 0.407 e. The third-order valence-corrected chi connectivity index (χ3v) is 7.18. The summed E-state index contributed by atoms with van der Waals surface area (Å²) in [5.41, 5.74) is 3.85. The zero-order valence-corrected chi connectivity index (χ0v) is 19.7. The molecule has 2 atom stereocenters. The summed E-state index contributed by atoms with van der Waals surface area (Å²) in [6.45, 7) is 5.64. The third-order valence-electron chi connectivity index (χ3n) is 6.17. The van der Waals surface area contributed by atoms with Gasteiger partial charge in [-0.1, -0.05) is 69.3 Å². The van der Waals surface area contributed by atoms with Crippen molar-refractivity contribution in [1.82, 2.24) is 10.2 Å². The number of ether oxygens (including phenoxy) is 1. The SMILES string of the molecule is CC(C)(C)[C@@H](NC(=O)OCC1c2ccccc2-c2ccccc21)C(=O)N1CSCC1C(=O)O. The molecule has 2 aliphatic rings. The second-order valence-electron chi connectivity index (χ2n) is 9.43. The highest BCUT2D eigenvalue weighted by molar-refractivity contribution is 7.99. The molecule has 1 heterocycles. The fourth-order valence-electron chi connectivity index (χ4n) is 4.44. The molecular weight excluding hydrogens is 440 g/mol. The van der Waals surface area contributed by atoms with Crippen molar-refractivity contribution in [1.29, 1.82) is 0 Å². The maximum absolute atomic E-state index is 13.2. The van der Waals surface area contributed by atoms with E-state index in [4.69, 9.17) is 4.74 Å². The molecule has 2 amide bonds. The van der Waals surface area contributed by atoms with Crippen LogP contribution < -0.4 is 5.32 Å². The van der Waals surface area contributed by atoms with Crippen LogP contribution in [-0.4, -0.2) is 58.3 Å². The molecule has 0 radical (unpaired) electrons. The average molecular weight is 469 g/mol. The predicted octanol–water partition coefficient (Wildman–Crippen LogP) is 3.93. The second-order valence-corrected chi connectivity index (χ2v) is 10.4. The number of aliphatic carboxylic acids is 1. The first kappa shape index (κ1) is 23.2. The first-order chi connectivity index (χ1) is 15.7. The minimum absolute atomic E-state index is 0.0849. The van der Waals surface area contributed by atoms with Crippen molar-refractivity contribution < 1.29 is 24.2 Å². The van der Waals surface area contributed by atoms with Gasteiger partial charge in [0.1, 0.15) is 18.7 Å². The highest BCUT2D eigenvalue weighted by Gasteiger charge is 2.42. The van der Waals surface area contributed by atoms with Gasteiger partial charge in [0.05, 0.1) is 5.88 Å². The largest absolute Gasteiger partial charge is 0.480 e. The second kappa shape index (κ2) is 9.09. The molecule has 1 saturated heterocycles. The molecule has 2 aromatic carbocycles. The first-order valence-corrected chi connectivity index (χ1v) is 12.1. The number of hydrogen-bond donors (Lipinski definition) is 2. The summed E-state index contributed by atoms with van der Waals surface area (Å²) in [6.07, 6.45) is -0.691. The highest BCUT2D eigenvalue weighted by atomic mass is 32.2. The number of nitrogens with one attached hydrogen (secondary N) is 1. The van der Waals surface area contributed by atoms with Crippen molar-refractivity contribution in [2.45, 2.75) is 38.8 Å². The third kappa shape index (κ3) is 4.57. The van der Waals surface area contributed by atoms with Crippen LogP contribution in [0.2, 0.25) is 0 Å². The summed E-state index contributed by atoms with van der Waals surface area (Å²) in [7, 11) is 0. The number of thioether (sulfide) groups is 1. The Hall–Kier alpha value is -3.00. The minimum atomic E-state index is -1.04. The lowest BCUT2D eigenvalue weighted by Crippen LogP contribution is -2.57. The summed E-state index contributed by atoms with van der Waals surface area (Å²) in [6, 6.07) is 14.3. The number of fused-ring (bicyclic) bond motifs is 3. The predicted molar refractivity (Wildman–Crippen MR) is 127 cm³/mol. The molecule has 8 heteroatoms. The molecular formula is C25H28N2O5S. The molecule has 4 rings (SSSR count). The fourth-order valence-corrected chi connectivity index (χ4v) is 5.59. The number of rotatable bonds is 5. The number of alkyl carbamates (subject to hydrolysis) is 1. The van der Waals surface area contributed by atoms with E-state index in [1.54, 1.807) is 0 Å². The number of carbonyl (C=O) groups excluding carboxylic acids is 2. The van der Waals surface area contributed by atoms with E-state index >= 15 is 0 Å². The molecule has 1 aliphatic heterocycles. The van der Waals surface area contributed by atoms with Gasteiger partial charge in [-0.2, -0.15) is 0 Å². The van der Waals surface area contributed by atoms with Crippen LogP contribution in [0.15, 0.2) is 48.5 Å². The van der Waals surface area contributed by atoms with Crippen molar-refractivity contribution in [3.05, 3.63) is 59.7 Å². The summed E-state index contributed by atoms with van der Waals surface area (Å²) in [5.74, 6) is -0.911. The van der Waals surface area contributed by atoms with E-state index in [0.717, 1.165) is 22.3 Å². The van der Waals surface area contributed by atoms with E-state index in [2.05, 4.69) is 17.4 Å². The highest BCUT2D eigenvalue weighted by Crippen LogP contribution is 2.44. The lowest BCUT2D eigenvalue weighted by Gasteiger charge is -2.34. The molecule has 7 nitrogen and oxygen atoms in total. The van der Waals surface area contributed by atoms with E-state index < -0.39 is 35.5 Å². The lowest BCUT2D eigenvalue weighted by atomic mass is 9.85. The van der Waals surface area contributed by atoms with Crippen molar-refractivity contribution in [2.75, 3.05) is 18.2 Å². The molecule has 0 bridgehead atoms. The van der Waals surface area contributed by atoms with Gasteiger partial charge in [-0.15, -0.1) is 11.8 Å². The Balaban J connectivity index is 1.47. The number of benzene rings is 2. The van der Waals surface area contributed by atoms with Gasteiger partial charge in [-0.3, -0.25) is 4.79 Å². The van der Waals surface area contributed by atoms with Gasteiger partial charge in [0.15, 0.2) is 0 Å². The van der Waals surface area contributed by atoms with Gasteiger partial charge in [0, 0.05) is 11.7 Å². The Morgan fingerprint density at radius 1 is 1.09 bits per heavy atom. The molecule has 33 heavy (non-hydrogen) atoms. The molecule has 2 N–H and O–H groups in total. The first-order valence-electron chi connectivity index (χ1n) is 10.9. The van der Waals surface area contributed by atoms with E-state index in [0.29, 0.717) is 5.75 Å².